The Morgan fingerprint density at radius 2 is 2.44 bits per heavy atom. The van der Waals surface area contributed by atoms with Gasteiger partial charge in [0.15, 0.2) is 0 Å². The highest BCUT2D eigenvalue weighted by molar-refractivity contribution is 5.73. The van der Waals surface area contributed by atoms with E-state index >= 15 is 0 Å². The van der Waals surface area contributed by atoms with Crippen LogP contribution in [0.4, 0.5) is 0 Å². The fraction of sp³-hybridized carbons (Fsp3) is 0.583. The first-order valence-corrected chi connectivity index (χ1v) is 5.52. The lowest BCUT2D eigenvalue weighted by Crippen LogP contribution is -2.41. The van der Waals surface area contributed by atoms with E-state index in [-0.39, 0.29) is 17.8 Å². The van der Waals surface area contributed by atoms with Crippen LogP contribution in [-0.2, 0) is 9.53 Å². The molecule has 4 nitrogen and oxygen atoms in total. The van der Waals surface area contributed by atoms with Crippen LogP contribution in [-0.4, -0.2) is 38.1 Å². The maximum atomic E-state index is 11.7. The summed E-state index contributed by atoms with van der Waals surface area (Å²) < 4.78 is 10.3. The molecule has 0 saturated carbocycles. The number of furan rings is 1. The van der Waals surface area contributed by atoms with Crippen molar-refractivity contribution in [3.05, 3.63) is 24.2 Å². The normalized spacial score (nSPS) is 26.6. The summed E-state index contributed by atoms with van der Waals surface area (Å²) in [7, 11) is 3.46. The van der Waals surface area contributed by atoms with Crippen molar-refractivity contribution in [2.75, 3.05) is 27.2 Å². The largest absolute Gasteiger partial charge is 0.469 e. The predicted octanol–water partition coefficient (Wildman–Crippen LogP) is 1.49. The summed E-state index contributed by atoms with van der Waals surface area (Å²) >= 11 is 0. The van der Waals surface area contributed by atoms with Crippen molar-refractivity contribution in [1.29, 1.82) is 0 Å². The molecule has 2 heterocycles. The molecule has 0 radical (unpaired) electrons. The van der Waals surface area contributed by atoms with Crippen molar-refractivity contribution in [2.45, 2.75) is 12.3 Å². The number of likely N-dealkylation sites (tertiary alicyclic amines) is 1. The Morgan fingerprint density at radius 3 is 3.06 bits per heavy atom. The smallest absolute Gasteiger partial charge is 0.310 e. The van der Waals surface area contributed by atoms with Crippen LogP contribution in [0.15, 0.2) is 22.8 Å². The average molecular weight is 223 g/mol. The van der Waals surface area contributed by atoms with Crippen molar-refractivity contribution in [2.24, 2.45) is 5.92 Å². The van der Waals surface area contributed by atoms with Gasteiger partial charge in [0.05, 0.1) is 19.3 Å². The highest BCUT2D eigenvalue weighted by atomic mass is 16.5. The Bertz CT molecular complexity index is 347. The van der Waals surface area contributed by atoms with Gasteiger partial charge in [-0.15, -0.1) is 0 Å². The van der Waals surface area contributed by atoms with Gasteiger partial charge in [-0.1, -0.05) is 0 Å². The highest BCUT2D eigenvalue weighted by Gasteiger charge is 2.36. The molecule has 0 aromatic carbocycles. The molecular weight excluding hydrogens is 206 g/mol. The first kappa shape index (κ1) is 11.2. The van der Waals surface area contributed by atoms with Crippen molar-refractivity contribution >= 4 is 5.97 Å². The van der Waals surface area contributed by atoms with Crippen LogP contribution in [0.25, 0.3) is 0 Å². The summed E-state index contributed by atoms with van der Waals surface area (Å²) in [6, 6.07) is 3.80. The summed E-state index contributed by atoms with van der Waals surface area (Å²) in [6.07, 6.45) is 2.59. The van der Waals surface area contributed by atoms with Gasteiger partial charge in [-0.05, 0) is 32.1 Å². The lowest BCUT2D eigenvalue weighted by molar-refractivity contribution is -0.148. The second-order valence-corrected chi connectivity index (χ2v) is 4.30. The van der Waals surface area contributed by atoms with Gasteiger partial charge < -0.3 is 14.1 Å². The molecule has 0 bridgehead atoms. The molecule has 4 heteroatoms. The van der Waals surface area contributed by atoms with Crippen LogP contribution >= 0.6 is 0 Å². The van der Waals surface area contributed by atoms with E-state index in [1.54, 1.807) is 6.26 Å². The second-order valence-electron chi connectivity index (χ2n) is 4.30. The minimum atomic E-state index is -0.145. The zero-order chi connectivity index (χ0) is 11.5. The maximum Gasteiger partial charge on any atom is 0.310 e. The Hall–Kier alpha value is -1.29. The molecule has 88 valence electrons. The lowest BCUT2D eigenvalue weighted by Gasteiger charge is -2.33. The Balaban J connectivity index is 2.18. The fourth-order valence-corrected chi connectivity index (χ4v) is 2.35. The molecule has 1 aromatic heterocycles. The van der Waals surface area contributed by atoms with Gasteiger partial charge in [-0.25, -0.2) is 0 Å². The molecule has 1 saturated heterocycles. The van der Waals surface area contributed by atoms with Crippen molar-refractivity contribution in [3.8, 4) is 0 Å². The molecular formula is C12H17NO3. The lowest BCUT2D eigenvalue weighted by atomic mass is 9.84. The number of rotatable bonds is 2. The van der Waals surface area contributed by atoms with Gasteiger partial charge in [0, 0.05) is 12.5 Å². The first-order valence-electron chi connectivity index (χ1n) is 5.52. The molecule has 1 fully saturated rings. The van der Waals surface area contributed by atoms with Gasteiger partial charge in [0.1, 0.15) is 5.76 Å². The van der Waals surface area contributed by atoms with Gasteiger partial charge in [-0.3, -0.25) is 4.79 Å². The third-order valence-corrected chi connectivity index (χ3v) is 3.23. The molecule has 2 atom stereocenters. The van der Waals surface area contributed by atoms with E-state index in [2.05, 4.69) is 4.90 Å². The fourth-order valence-electron chi connectivity index (χ4n) is 2.35. The predicted molar refractivity (Wildman–Crippen MR) is 59.1 cm³/mol. The molecule has 1 aromatic rings. The van der Waals surface area contributed by atoms with Gasteiger partial charge in [-0.2, -0.15) is 0 Å². The van der Waals surface area contributed by atoms with Gasteiger partial charge in [0.2, 0.25) is 0 Å². The Kier molecular flexibility index (Phi) is 3.29. The van der Waals surface area contributed by atoms with E-state index < -0.39 is 0 Å². The average Bonchev–Trinajstić information content (AvgIpc) is 2.81. The molecule has 1 aliphatic rings. The molecule has 16 heavy (non-hydrogen) atoms. The Morgan fingerprint density at radius 1 is 1.62 bits per heavy atom. The van der Waals surface area contributed by atoms with Gasteiger partial charge >= 0.3 is 5.97 Å². The SMILES string of the molecule is COC(=O)[C@H]1CN(C)CC[C@@H]1c1ccco1. The number of carbonyl (C=O) groups is 1. The first-order chi connectivity index (χ1) is 7.72. The second kappa shape index (κ2) is 4.70. The minimum absolute atomic E-state index is 0.116. The number of hydrogen-bond acceptors (Lipinski definition) is 4. The quantitative estimate of drug-likeness (QED) is 0.712. The summed E-state index contributed by atoms with van der Waals surface area (Å²) in [5.41, 5.74) is 0. The summed E-state index contributed by atoms with van der Waals surface area (Å²) in [5, 5.41) is 0. The minimum Gasteiger partial charge on any atom is -0.469 e. The maximum absolute atomic E-state index is 11.7. The summed E-state index contributed by atoms with van der Waals surface area (Å²) in [6.45, 7) is 1.72. The molecule has 0 amide bonds. The van der Waals surface area contributed by atoms with E-state index in [1.807, 2.05) is 19.2 Å². The number of hydrogen-bond donors (Lipinski definition) is 0. The van der Waals surface area contributed by atoms with E-state index in [4.69, 9.17) is 9.15 Å². The van der Waals surface area contributed by atoms with E-state index in [9.17, 15) is 4.79 Å². The number of ether oxygens (including phenoxy) is 1. The number of carbonyl (C=O) groups excluding carboxylic acids is 1. The van der Waals surface area contributed by atoms with Crippen molar-refractivity contribution < 1.29 is 13.9 Å². The summed E-state index contributed by atoms with van der Waals surface area (Å²) in [4.78, 5) is 13.9. The van der Waals surface area contributed by atoms with Crippen molar-refractivity contribution in [3.63, 3.8) is 0 Å². The van der Waals surface area contributed by atoms with E-state index in [1.165, 1.54) is 7.11 Å². The highest BCUT2D eigenvalue weighted by Crippen LogP contribution is 2.33. The van der Waals surface area contributed by atoms with Crippen LogP contribution in [0.5, 0.6) is 0 Å². The van der Waals surface area contributed by atoms with Crippen molar-refractivity contribution in [1.82, 2.24) is 4.90 Å². The van der Waals surface area contributed by atoms with Crippen LogP contribution in [0, 0.1) is 5.92 Å². The van der Waals surface area contributed by atoms with Crippen LogP contribution < -0.4 is 0 Å². The van der Waals surface area contributed by atoms with Gasteiger partial charge in [0.25, 0.3) is 0 Å². The molecule has 2 rings (SSSR count). The molecule has 1 aliphatic heterocycles. The van der Waals surface area contributed by atoms with Crippen LogP contribution in [0.2, 0.25) is 0 Å². The number of piperidine rings is 1. The molecule has 0 N–H and O–H groups in total. The molecule has 0 unspecified atom stereocenters. The standard InChI is InChI=1S/C12H17NO3/c1-13-6-5-9(11-4-3-7-16-11)10(8-13)12(14)15-2/h3-4,7,9-10H,5-6,8H2,1-2H3/t9-,10-/m0/s1. The Labute approximate surface area is 95.2 Å². The molecule has 0 aliphatic carbocycles. The number of methoxy groups -OCH3 is 1. The third kappa shape index (κ3) is 2.11. The number of nitrogens with zero attached hydrogens (tertiary/aromatic N) is 1. The number of esters is 1. The zero-order valence-corrected chi connectivity index (χ0v) is 9.68. The molecule has 0 spiro atoms. The topological polar surface area (TPSA) is 42.7 Å². The zero-order valence-electron chi connectivity index (χ0n) is 9.68. The third-order valence-electron chi connectivity index (χ3n) is 3.23. The monoisotopic (exact) mass is 223 g/mol. The van der Waals surface area contributed by atoms with Crippen LogP contribution in [0.1, 0.15) is 18.1 Å². The van der Waals surface area contributed by atoms with Crippen LogP contribution in [0.3, 0.4) is 0 Å². The van der Waals surface area contributed by atoms with E-state index in [0.29, 0.717) is 0 Å². The van der Waals surface area contributed by atoms with E-state index in [0.717, 1.165) is 25.3 Å². The summed E-state index contributed by atoms with van der Waals surface area (Å²) in [5.74, 6) is 0.782.